The van der Waals surface area contributed by atoms with E-state index in [1.165, 1.54) is 25.3 Å². The van der Waals surface area contributed by atoms with Gasteiger partial charge in [-0.25, -0.2) is 4.79 Å². The van der Waals surface area contributed by atoms with Gasteiger partial charge < -0.3 is 20.1 Å². The maximum absolute atomic E-state index is 12.6. The van der Waals surface area contributed by atoms with E-state index in [0.717, 1.165) is 12.8 Å². The van der Waals surface area contributed by atoms with Crippen LogP contribution in [0.25, 0.3) is 0 Å². The van der Waals surface area contributed by atoms with Gasteiger partial charge in [0.2, 0.25) is 11.8 Å². The fraction of sp³-hybridized carbons (Fsp3) is 0.526. The first-order chi connectivity index (χ1) is 12.4. The minimum absolute atomic E-state index is 0.0412. The number of aromatic carboxylic acids is 1. The molecule has 26 heavy (non-hydrogen) atoms. The molecule has 142 valence electrons. The molecule has 1 aromatic rings. The van der Waals surface area contributed by atoms with Gasteiger partial charge in [-0.3, -0.25) is 9.59 Å². The molecule has 7 heteroatoms. The second-order valence-electron chi connectivity index (χ2n) is 6.64. The summed E-state index contributed by atoms with van der Waals surface area (Å²) in [5.74, 6) is -1.20. The predicted octanol–water partition coefficient (Wildman–Crippen LogP) is 2.62. The number of carbonyl (C=O) groups excluding carboxylic acids is 2. The molecule has 0 aromatic heterocycles. The average Bonchev–Trinajstić information content (AvgIpc) is 2.66. The number of ether oxygens (including phenoxy) is 1. The van der Waals surface area contributed by atoms with Crippen molar-refractivity contribution in [2.75, 3.05) is 25.5 Å². The fourth-order valence-electron chi connectivity index (χ4n) is 3.04. The molecule has 1 aliphatic rings. The lowest BCUT2D eigenvalue weighted by molar-refractivity contribution is -0.138. The molecule has 1 aliphatic heterocycles. The van der Waals surface area contributed by atoms with Crippen molar-refractivity contribution in [1.82, 2.24) is 4.90 Å². The SMILES string of the molecule is CCC(C)C(=O)N1CCCC(C(=O)Nc2ccc(C(=O)O)cc2OC)C1. The third kappa shape index (κ3) is 4.53. The summed E-state index contributed by atoms with van der Waals surface area (Å²) in [6.45, 7) is 4.97. The quantitative estimate of drug-likeness (QED) is 0.811. The number of nitrogens with one attached hydrogen (secondary N) is 1. The van der Waals surface area contributed by atoms with Gasteiger partial charge in [-0.15, -0.1) is 0 Å². The van der Waals surface area contributed by atoms with E-state index in [4.69, 9.17) is 9.84 Å². The number of carboxylic acids is 1. The van der Waals surface area contributed by atoms with Crippen LogP contribution in [0.3, 0.4) is 0 Å². The number of methoxy groups -OCH3 is 1. The Hall–Kier alpha value is -2.57. The number of nitrogens with zero attached hydrogens (tertiary/aromatic N) is 1. The van der Waals surface area contributed by atoms with Crippen LogP contribution in [0.2, 0.25) is 0 Å². The van der Waals surface area contributed by atoms with Crippen LogP contribution in [-0.2, 0) is 9.59 Å². The highest BCUT2D eigenvalue weighted by molar-refractivity contribution is 5.96. The van der Waals surface area contributed by atoms with Gasteiger partial charge in [0.1, 0.15) is 5.75 Å². The summed E-state index contributed by atoms with van der Waals surface area (Å²) < 4.78 is 5.19. The number of anilines is 1. The highest BCUT2D eigenvalue weighted by atomic mass is 16.5. The molecule has 2 unspecified atom stereocenters. The van der Waals surface area contributed by atoms with E-state index in [-0.39, 0.29) is 29.2 Å². The van der Waals surface area contributed by atoms with Crippen molar-refractivity contribution >= 4 is 23.5 Å². The molecule has 0 saturated carbocycles. The molecule has 0 aliphatic carbocycles. The summed E-state index contributed by atoms with van der Waals surface area (Å²) in [6.07, 6.45) is 2.28. The molecule has 1 saturated heterocycles. The van der Waals surface area contributed by atoms with Crippen LogP contribution in [0.15, 0.2) is 18.2 Å². The van der Waals surface area contributed by atoms with E-state index in [0.29, 0.717) is 30.9 Å². The molecule has 0 radical (unpaired) electrons. The van der Waals surface area contributed by atoms with Crippen molar-refractivity contribution in [3.05, 3.63) is 23.8 Å². The van der Waals surface area contributed by atoms with Gasteiger partial charge in [-0.1, -0.05) is 13.8 Å². The Labute approximate surface area is 153 Å². The minimum Gasteiger partial charge on any atom is -0.495 e. The summed E-state index contributed by atoms with van der Waals surface area (Å²) in [5, 5.41) is 11.9. The van der Waals surface area contributed by atoms with Gasteiger partial charge in [0.05, 0.1) is 24.3 Å². The van der Waals surface area contributed by atoms with Crippen LogP contribution in [0.4, 0.5) is 5.69 Å². The molecule has 1 fully saturated rings. The van der Waals surface area contributed by atoms with Crippen LogP contribution in [0, 0.1) is 11.8 Å². The summed E-state index contributed by atoms with van der Waals surface area (Å²) >= 11 is 0. The molecule has 0 spiro atoms. The number of hydrogen-bond acceptors (Lipinski definition) is 4. The van der Waals surface area contributed by atoms with Crippen LogP contribution in [0.5, 0.6) is 5.75 Å². The minimum atomic E-state index is -1.06. The first-order valence-corrected chi connectivity index (χ1v) is 8.88. The highest BCUT2D eigenvalue weighted by Gasteiger charge is 2.30. The van der Waals surface area contributed by atoms with Crippen molar-refractivity contribution in [3.8, 4) is 5.75 Å². The largest absolute Gasteiger partial charge is 0.495 e. The smallest absolute Gasteiger partial charge is 0.335 e. The lowest BCUT2D eigenvalue weighted by Crippen LogP contribution is -2.45. The summed E-state index contributed by atoms with van der Waals surface area (Å²) in [4.78, 5) is 37.8. The Morgan fingerprint density at radius 1 is 1.38 bits per heavy atom. The van der Waals surface area contributed by atoms with E-state index in [9.17, 15) is 14.4 Å². The average molecular weight is 362 g/mol. The van der Waals surface area contributed by atoms with Gasteiger partial charge >= 0.3 is 5.97 Å². The Balaban J connectivity index is 2.07. The molecule has 1 heterocycles. The monoisotopic (exact) mass is 362 g/mol. The van der Waals surface area contributed by atoms with Crippen LogP contribution < -0.4 is 10.1 Å². The first kappa shape index (κ1) is 19.8. The molecule has 1 aromatic carbocycles. The van der Waals surface area contributed by atoms with Crippen molar-refractivity contribution in [1.29, 1.82) is 0 Å². The zero-order chi connectivity index (χ0) is 19.3. The number of likely N-dealkylation sites (tertiary alicyclic amines) is 1. The molecule has 7 nitrogen and oxygen atoms in total. The molecular formula is C19H26N2O5. The van der Waals surface area contributed by atoms with Crippen molar-refractivity contribution < 1.29 is 24.2 Å². The number of hydrogen-bond donors (Lipinski definition) is 2. The molecular weight excluding hydrogens is 336 g/mol. The molecule has 2 N–H and O–H groups in total. The second-order valence-corrected chi connectivity index (χ2v) is 6.64. The maximum atomic E-state index is 12.6. The Morgan fingerprint density at radius 2 is 2.12 bits per heavy atom. The summed E-state index contributed by atoms with van der Waals surface area (Å²) in [6, 6.07) is 4.31. The van der Waals surface area contributed by atoms with E-state index >= 15 is 0 Å². The standard InChI is InChI=1S/C19H26N2O5/c1-4-12(2)18(23)21-9-5-6-14(11-21)17(22)20-15-8-7-13(19(24)25)10-16(15)26-3/h7-8,10,12,14H,4-6,9,11H2,1-3H3,(H,20,22)(H,24,25). The van der Waals surface area contributed by atoms with E-state index in [1.54, 1.807) is 4.90 Å². The topological polar surface area (TPSA) is 95.9 Å². The van der Waals surface area contributed by atoms with Gasteiger partial charge in [0, 0.05) is 19.0 Å². The maximum Gasteiger partial charge on any atom is 0.335 e. The first-order valence-electron chi connectivity index (χ1n) is 8.88. The van der Waals surface area contributed by atoms with E-state index in [2.05, 4.69) is 5.32 Å². The lowest BCUT2D eigenvalue weighted by atomic mass is 9.95. The molecule has 2 atom stereocenters. The van der Waals surface area contributed by atoms with Crippen molar-refractivity contribution in [2.45, 2.75) is 33.1 Å². The van der Waals surface area contributed by atoms with Crippen LogP contribution >= 0.6 is 0 Å². The number of piperidine rings is 1. The number of carboxylic acid groups (broad SMARTS) is 1. The molecule has 2 amide bonds. The second kappa shape index (κ2) is 8.69. The number of benzene rings is 1. The lowest BCUT2D eigenvalue weighted by Gasteiger charge is -2.33. The van der Waals surface area contributed by atoms with Crippen molar-refractivity contribution in [2.24, 2.45) is 11.8 Å². The summed E-state index contributed by atoms with van der Waals surface area (Å²) in [7, 11) is 1.42. The Kier molecular flexibility index (Phi) is 6.60. The van der Waals surface area contributed by atoms with E-state index < -0.39 is 5.97 Å². The zero-order valence-corrected chi connectivity index (χ0v) is 15.4. The fourth-order valence-corrected chi connectivity index (χ4v) is 3.04. The van der Waals surface area contributed by atoms with Gasteiger partial charge in [-0.2, -0.15) is 0 Å². The number of rotatable bonds is 6. The number of carbonyl (C=O) groups is 3. The molecule has 2 rings (SSSR count). The van der Waals surface area contributed by atoms with E-state index in [1.807, 2.05) is 13.8 Å². The van der Waals surface area contributed by atoms with Crippen LogP contribution in [-0.4, -0.2) is 48.0 Å². The summed E-state index contributed by atoms with van der Waals surface area (Å²) in [5.41, 5.74) is 0.510. The number of amides is 2. The Morgan fingerprint density at radius 3 is 2.73 bits per heavy atom. The molecule has 0 bridgehead atoms. The predicted molar refractivity (Wildman–Crippen MR) is 97.3 cm³/mol. The Bertz CT molecular complexity index is 689. The zero-order valence-electron chi connectivity index (χ0n) is 15.4. The highest BCUT2D eigenvalue weighted by Crippen LogP contribution is 2.27. The van der Waals surface area contributed by atoms with Crippen LogP contribution in [0.1, 0.15) is 43.5 Å². The normalized spacial score (nSPS) is 18.1. The van der Waals surface area contributed by atoms with Gasteiger partial charge in [0.25, 0.3) is 0 Å². The van der Waals surface area contributed by atoms with Gasteiger partial charge in [0.15, 0.2) is 0 Å². The van der Waals surface area contributed by atoms with Crippen molar-refractivity contribution in [3.63, 3.8) is 0 Å². The third-order valence-electron chi connectivity index (χ3n) is 4.84. The van der Waals surface area contributed by atoms with Gasteiger partial charge in [-0.05, 0) is 37.5 Å². The third-order valence-corrected chi connectivity index (χ3v) is 4.84.